The zero-order valence-corrected chi connectivity index (χ0v) is 22.2. The maximum atomic E-state index is 13.0. The average Bonchev–Trinajstić information content (AvgIpc) is 2.88. The Labute approximate surface area is 220 Å². The van der Waals surface area contributed by atoms with Crippen LogP contribution in [0.3, 0.4) is 0 Å². The van der Waals surface area contributed by atoms with Gasteiger partial charge in [-0.1, -0.05) is 77.1 Å². The molecule has 4 aromatic rings. The predicted molar refractivity (Wildman–Crippen MR) is 148 cm³/mol. The van der Waals surface area contributed by atoms with E-state index in [1.165, 1.54) is 17.7 Å². The van der Waals surface area contributed by atoms with Crippen molar-refractivity contribution < 1.29 is 9.18 Å². The summed E-state index contributed by atoms with van der Waals surface area (Å²) in [4.78, 5) is 16.6. The lowest BCUT2D eigenvalue weighted by Gasteiger charge is -2.08. The Hall–Kier alpha value is -2.79. The van der Waals surface area contributed by atoms with Crippen LogP contribution in [0.4, 0.5) is 4.39 Å². The van der Waals surface area contributed by atoms with Gasteiger partial charge in [0.25, 0.3) is 0 Å². The van der Waals surface area contributed by atoms with E-state index >= 15 is 0 Å². The first-order valence-corrected chi connectivity index (χ1v) is 13.1. The van der Waals surface area contributed by atoms with Crippen LogP contribution >= 0.6 is 35.1 Å². The van der Waals surface area contributed by atoms with Gasteiger partial charge >= 0.3 is 0 Å². The Morgan fingerprint density at radius 1 is 0.743 bits per heavy atom. The molecule has 0 fully saturated rings. The fourth-order valence-corrected chi connectivity index (χ4v) is 4.75. The van der Waals surface area contributed by atoms with Gasteiger partial charge in [-0.15, -0.1) is 0 Å². The lowest BCUT2D eigenvalue weighted by atomic mass is 10.0. The third-order valence-corrected chi connectivity index (χ3v) is 7.43. The zero-order valence-electron chi connectivity index (χ0n) is 19.8. The third-order valence-electron chi connectivity index (χ3n) is 4.91. The van der Waals surface area contributed by atoms with Gasteiger partial charge in [-0.05, 0) is 87.5 Å². The van der Waals surface area contributed by atoms with Crippen LogP contribution in [0.1, 0.15) is 36.7 Å². The van der Waals surface area contributed by atoms with Crippen molar-refractivity contribution in [3.63, 3.8) is 0 Å². The first-order valence-electron chi connectivity index (χ1n) is 11.1. The van der Waals surface area contributed by atoms with Crippen LogP contribution < -0.4 is 0 Å². The second-order valence-electron chi connectivity index (χ2n) is 7.84. The van der Waals surface area contributed by atoms with Gasteiger partial charge in [0.2, 0.25) is 0 Å². The van der Waals surface area contributed by atoms with Crippen molar-refractivity contribution in [2.24, 2.45) is 0 Å². The van der Waals surface area contributed by atoms with Gasteiger partial charge in [0.05, 0.1) is 5.02 Å². The van der Waals surface area contributed by atoms with Crippen molar-refractivity contribution in [2.75, 3.05) is 0 Å². The van der Waals surface area contributed by atoms with Crippen molar-refractivity contribution in [1.82, 2.24) is 0 Å². The molecular weight excluding hydrogens is 495 g/mol. The van der Waals surface area contributed by atoms with Crippen molar-refractivity contribution in [1.29, 1.82) is 0 Å². The van der Waals surface area contributed by atoms with Gasteiger partial charge < -0.3 is 0 Å². The molecule has 0 aliphatic rings. The summed E-state index contributed by atoms with van der Waals surface area (Å²) in [6.45, 7) is 6.20. The molecule has 0 aliphatic carbocycles. The standard InChI is InChI=1S/C25H16ClFOS2.C5H10/c26-23-16-18(25(28)17-4-2-1-3-5-17)6-15-24(23)30-22-13-11-21(12-14-22)29-20-9-7-19(27)8-10-20;1-4-5(2)3/h1-16H;4H,1-3H3. The maximum absolute atomic E-state index is 13.0. The largest absolute Gasteiger partial charge is 0.289 e. The van der Waals surface area contributed by atoms with E-state index in [2.05, 4.69) is 19.9 Å². The van der Waals surface area contributed by atoms with Crippen molar-refractivity contribution >= 4 is 40.9 Å². The minimum Gasteiger partial charge on any atom is -0.289 e. The predicted octanol–water partition coefficient (Wildman–Crippen LogP) is 9.98. The highest BCUT2D eigenvalue weighted by atomic mass is 35.5. The molecule has 4 aromatic carbocycles. The number of allylic oxidation sites excluding steroid dienone is 2. The summed E-state index contributed by atoms with van der Waals surface area (Å²) in [5, 5.41) is 0.548. The number of rotatable bonds is 6. The number of hydrogen-bond donors (Lipinski definition) is 0. The van der Waals surface area contributed by atoms with Crippen molar-refractivity contribution in [3.05, 3.63) is 131 Å². The minimum absolute atomic E-state index is 0.0452. The van der Waals surface area contributed by atoms with Crippen LogP contribution in [0.15, 0.2) is 128 Å². The topological polar surface area (TPSA) is 17.1 Å². The Morgan fingerprint density at radius 3 is 1.77 bits per heavy atom. The fraction of sp³-hybridized carbons (Fsp3) is 0.100. The summed E-state index contributed by atoms with van der Waals surface area (Å²) < 4.78 is 13.0. The molecule has 4 rings (SSSR count). The van der Waals surface area contributed by atoms with Gasteiger partial charge in [-0.3, -0.25) is 4.79 Å². The molecule has 0 saturated carbocycles. The smallest absolute Gasteiger partial charge is 0.193 e. The molecule has 0 amide bonds. The molecular formula is C30H26ClFOS2. The molecule has 1 nitrogen and oxygen atoms in total. The summed E-state index contributed by atoms with van der Waals surface area (Å²) in [7, 11) is 0. The first-order chi connectivity index (χ1) is 16.9. The van der Waals surface area contributed by atoms with Gasteiger partial charge in [-0.25, -0.2) is 4.39 Å². The first kappa shape index (κ1) is 26.8. The molecule has 35 heavy (non-hydrogen) atoms. The van der Waals surface area contributed by atoms with Crippen LogP contribution in [0, 0.1) is 5.82 Å². The van der Waals surface area contributed by atoms with Crippen molar-refractivity contribution in [2.45, 2.75) is 40.4 Å². The van der Waals surface area contributed by atoms with Crippen LogP contribution in [-0.2, 0) is 0 Å². The lowest BCUT2D eigenvalue weighted by molar-refractivity contribution is 0.103. The van der Waals surface area contributed by atoms with E-state index in [-0.39, 0.29) is 11.6 Å². The van der Waals surface area contributed by atoms with Gasteiger partial charge in [0, 0.05) is 30.7 Å². The molecule has 0 radical (unpaired) electrons. The van der Waals surface area contributed by atoms with Gasteiger partial charge in [0.1, 0.15) is 5.82 Å². The Kier molecular flexibility index (Phi) is 10.2. The second-order valence-corrected chi connectivity index (χ2v) is 10.5. The second kappa shape index (κ2) is 13.3. The highest BCUT2D eigenvalue weighted by Crippen LogP contribution is 2.36. The summed E-state index contributed by atoms with van der Waals surface area (Å²) in [5.74, 6) is -0.282. The Balaban J connectivity index is 0.000000623. The van der Waals surface area contributed by atoms with Crippen LogP contribution in [0.2, 0.25) is 5.02 Å². The summed E-state index contributed by atoms with van der Waals surface area (Å²) in [6, 6.07) is 29.1. The van der Waals surface area contributed by atoms with E-state index < -0.39 is 0 Å². The van der Waals surface area contributed by atoms with E-state index in [0.29, 0.717) is 16.1 Å². The highest BCUT2D eigenvalue weighted by molar-refractivity contribution is 7.99. The van der Waals surface area contributed by atoms with Crippen LogP contribution in [-0.4, -0.2) is 5.78 Å². The molecule has 0 aromatic heterocycles. The van der Waals surface area contributed by atoms with Crippen LogP contribution in [0.25, 0.3) is 0 Å². The molecule has 178 valence electrons. The molecule has 0 saturated heterocycles. The van der Waals surface area contributed by atoms with E-state index in [1.54, 1.807) is 53.9 Å². The maximum Gasteiger partial charge on any atom is 0.193 e. The molecule has 0 heterocycles. The Bertz CT molecular complexity index is 1280. The van der Waals surface area contributed by atoms with Gasteiger partial charge in [-0.2, -0.15) is 0 Å². The van der Waals surface area contributed by atoms with Crippen molar-refractivity contribution in [3.8, 4) is 0 Å². The quantitative estimate of drug-likeness (QED) is 0.186. The summed E-state index contributed by atoms with van der Waals surface area (Å²) in [5.41, 5.74) is 2.59. The van der Waals surface area contributed by atoms with Crippen LogP contribution in [0.5, 0.6) is 0 Å². The molecule has 0 aliphatic heterocycles. The SMILES string of the molecule is CC=C(C)C.O=C(c1ccccc1)c1ccc(Sc2ccc(Sc3ccc(F)cc3)cc2)c(Cl)c1. The van der Waals surface area contributed by atoms with E-state index in [9.17, 15) is 9.18 Å². The average molecular weight is 521 g/mol. The zero-order chi connectivity index (χ0) is 25.2. The number of ketones is 1. The van der Waals surface area contributed by atoms with E-state index in [1.807, 2.05) is 61.5 Å². The molecule has 0 atom stereocenters. The molecule has 0 unspecified atom stereocenters. The molecule has 0 bridgehead atoms. The number of benzene rings is 4. The highest BCUT2D eigenvalue weighted by Gasteiger charge is 2.12. The van der Waals surface area contributed by atoms with Gasteiger partial charge in [0.15, 0.2) is 5.78 Å². The number of hydrogen-bond acceptors (Lipinski definition) is 3. The number of carbonyl (C=O) groups excluding carboxylic acids is 1. The number of halogens is 2. The third kappa shape index (κ3) is 8.43. The molecule has 0 spiro atoms. The normalized spacial score (nSPS) is 10.2. The fourth-order valence-electron chi connectivity index (χ4n) is 2.82. The minimum atomic E-state index is -0.237. The van der Waals surface area contributed by atoms with E-state index in [0.717, 1.165) is 19.6 Å². The number of carbonyl (C=O) groups is 1. The monoisotopic (exact) mass is 520 g/mol. The summed E-state index contributed by atoms with van der Waals surface area (Å²) in [6.07, 6.45) is 2.08. The lowest BCUT2D eigenvalue weighted by Crippen LogP contribution is -2.00. The summed E-state index contributed by atoms with van der Waals surface area (Å²) >= 11 is 9.58. The molecule has 5 heteroatoms. The van der Waals surface area contributed by atoms with E-state index in [4.69, 9.17) is 11.6 Å². The molecule has 0 N–H and O–H groups in total. The Morgan fingerprint density at radius 2 is 1.26 bits per heavy atom.